The Morgan fingerprint density at radius 1 is 1.04 bits per heavy atom. The first-order valence-corrected chi connectivity index (χ1v) is 8.87. The van der Waals surface area contributed by atoms with Crippen LogP contribution in [0.4, 0.5) is 11.4 Å². The molecule has 0 radical (unpaired) electrons. The molecule has 3 aromatic rings. The van der Waals surface area contributed by atoms with Crippen molar-refractivity contribution >= 4 is 28.3 Å². The molecular formula is C22H23NO5. The summed E-state index contributed by atoms with van der Waals surface area (Å²) in [7, 11) is 3.35. The molecule has 0 saturated heterocycles. The van der Waals surface area contributed by atoms with E-state index in [1.54, 1.807) is 39.0 Å². The largest absolute Gasteiger partial charge is 0.493 e. The minimum Gasteiger partial charge on any atom is -0.493 e. The molecule has 0 bridgehead atoms. The molecule has 0 aliphatic heterocycles. The molecule has 0 aliphatic carbocycles. The minimum atomic E-state index is -0.651. The van der Waals surface area contributed by atoms with E-state index in [1.165, 1.54) is 13.2 Å². The number of para-hydroxylation sites is 1. The van der Waals surface area contributed by atoms with Crippen LogP contribution in [0.25, 0.3) is 11.0 Å². The molecule has 0 amide bonds. The zero-order valence-corrected chi connectivity index (χ0v) is 16.6. The number of methoxy groups -OCH3 is 1. The summed E-state index contributed by atoms with van der Waals surface area (Å²) in [5, 5.41) is 0.800. The second-order valence-corrected chi connectivity index (χ2v) is 7.48. The highest BCUT2D eigenvalue weighted by Gasteiger charge is 2.25. The van der Waals surface area contributed by atoms with Crippen LogP contribution in [0.5, 0.6) is 11.5 Å². The molecule has 6 heteroatoms. The van der Waals surface area contributed by atoms with E-state index in [-0.39, 0.29) is 5.97 Å². The standard InChI is InChI=1S/C22H23NO5/c1-22(2,3)21(25)28-19-12-14(10-11-18(19)26-5)23(4)16-13-20(24)27-17-9-7-6-8-15(16)17/h6-13H,1-5H3. The number of fused-ring (bicyclic) bond motifs is 1. The van der Waals surface area contributed by atoms with Gasteiger partial charge in [0.25, 0.3) is 0 Å². The molecule has 0 fully saturated rings. The number of carbonyl (C=O) groups is 1. The average Bonchev–Trinajstić information content (AvgIpc) is 2.65. The quantitative estimate of drug-likeness (QED) is 0.376. The number of rotatable bonds is 4. The fourth-order valence-electron chi connectivity index (χ4n) is 2.72. The number of carbonyl (C=O) groups excluding carboxylic acids is 1. The molecule has 28 heavy (non-hydrogen) atoms. The van der Waals surface area contributed by atoms with Gasteiger partial charge in [0.1, 0.15) is 5.58 Å². The molecule has 2 aromatic carbocycles. The zero-order chi connectivity index (χ0) is 20.5. The van der Waals surface area contributed by atoms with Gasteiger partial charge < -0.3 is 18.8 Å². The molecule has 146 valence electrons. The predicted molar refractivity (Wildman–Crippen MR) is 109 cm³/mol. The molecule has 1 heterocycles. The van der Waals surface area contributed by atoms with Gasteiger partial charge in [0.15, 0.2) is 11.5 Å². The summed E-state index contributed by atoms with van der Waals surface area (Å²) < 4.78 is 16.2. The molecule has 6 nitrogen and oxygen atoms in total. The predicted octanol–water partition coefficient (Wildman–Crippen LogP) is 4.52. The van der Waals surface area contributed by atoms with Crippen molar-refractivity contribution in [3.05, 3.63) is 59.0 Å². The Morgan fingerprint density at radius 2 is 1.75 bits per heavy atom. The van der Waals surface area contributed by atoms with Crippen molar-refractivity contribution < 1.29 is 18.7 Å². The third-order valence-corrected chi connectivity index (χ3v) is 4.34. The summed E-state index contributed by atoms with van der Waals surface area (Å²) >= 11 is 0. The number of hydrogen-bond donors (Lipinski definition) is 0. The number of anilines is 2. The molecule has 0 spiro atoms. The Balaban J connectivity index is 2.06. The first-order chi connectivity index (χ1) is 13.2. The summed E-state index contributed by atoms with van der Waals surface area (Å²) in [6.45, 7) is 5.35. The molecular weight excluding hydrogens is 358 g/mol. The Kier molecular flexibility index (Phi) is 5.14. The number of ether oxygens (including phenoxy) is 2. The third-order valence-electron chi connectivity index (χ3n) is 4.34. The summed E-state index contributed by atoms with van der Waals surface area (Å²) in [6, 6.07) is 14.0. The van der Waals surface area contributed by atoms with Crippen molar-refractivity contribution in [2.75, 3.05) is 19.1 Å². The first-order valence-electron chi connectivity index (χ1n) is 8.87. The highest BCUT2D eigenvalue weighted by atomic mass is 16.6. The van der Waals surface area contributed by atoms with Gasteiger partial charge in [-0.1, -0.05) is 12.1 Å². The van der Waals surface area contributed by atoms with Crippen LogP contribution in [0.3, 0.4) is 0 Å². The fourth-order valence-corrected chi connectivity index (χ4v) is 2.72. The van der Waals surface area contributed by atoms with E-state index >= 15 is 0 Å². The second-order valence-electron chi connectivity index (χ2n) is 7.48. The van der Waals surface area contributed by atoms with Crippen LogP contribution in [-0.4, -0.2) is 20.1 Å². The molecule has 1 aromatic heterocycles. The summed E-state index contributed by atoms with van der Waals surface area (Å²) in [5.74, 6) is 0.405. The van der Waals surface area contributed by atoms with Crippen LogP contribution in [0.15, 0.2) is 57.7 Å². The van der Waals surface area contributed by atoms with E-state index in [9.17, 15) is 9.59 Å². The lowest BCUT2D eigenvalue weighted by Gasteiger charge is -2.23. The van der Waals surface area contributed by atoms with Gasteiger partial charge >= 0.3 is 11.6 Å². The number of hydrogen-bond acceptors (Lipinski definition) is 6. The Morgan fingerprint density at radius 3 is 2.43 bits per heavy atom. The Labute approximate surface area is 163 Å². The monoisotopic (exact) mass is 381 g/mol. The van der Waals surface area contributed by atoms with E-state index in [0.717, 1.165) is 11.1 Å². The molecule has 0 atom stereocenters. The average molecular weight is 381 g/mol. The fraction of sp³-hybridized carbons (Fsp3) is 0.273. The van der Waals surface area contributed by atoms with Gasteiger partial charge in [0.2, 0.25) is 0 Å². The number of benzene rings is 2. The van der Waals surface area contributed by atoms with Gasteiger partial charge in [-0.3, -0.25) is 4.79 Å². The van der Waals surface area contributed by atoms with Gasteiger partial charge in [-0.15, -0.1) is 0 Å². The molecule has 0 aliphatic rings. The van der Waals surface area contributed by atoms with Crippen LogP contribution < -0.4 is 20.0 Å². The van der Waals surface area contributed by atoms with Crippen LogP contribution in [0.1, 0.15) is 20.8 Å². The maximum absolute atomic E-state index is 12.3. The van der Waals surface area contributed by atoms with Crippen LogP contribution in [-0.2, 0) is 4.79 Å². The van der Waals surface area contributed by atoms with E-state index in [2.05, 4.69) is 0 Å². The Bertz CT molecular complexity index is 1080. The van der Waals surface area contributed by atoms with Crippen LogP contribution in [0.2, 0.25) is 0 Å². The molecule has 0 saturated carbocycles. The molecule has 3 rings (SSSR count). The van der Waals surface area contributed by atoms with E-state index in [1.807, 2.05) is 36.2 Å². The van der Waals surface area contributed by atoms with E-state index in [4.69, 9.17) is 13.9 Å². The molecule has 0 unspecified atom stereocenters. The first kappa shape index (κ1) is 19.5. The van der Waals surface area contributed by atoms with Crippen LogP contribution in [0, 0.1) is 5.41 Å². The lowest BCUT2D eigenvalue weighted by molar-refractivity contribution is -0.143. The maximum Gasteiger partial charge on any atom is 0.338 e. The van der Waals surface area contributed by atoms with Gasteiger partial charge in [0.05, 0.1) is 18.2 Å². The Hall–Kier alpha value is -3.28. The summed E-state index contributed by atoms with van der Waals surface area (Å²) in [6.07, 6.45) is 0. The SMILES string of the molecule is COc1ccc(N(C)c2cc(=O)oc3ccccc23)cc1OC(=O)C(C)(C)C. The van der Waals surface area contributed by atoms with Crippen molar-refractivity contribution in [3.63, 3.8) is 0 Å². The van der Waals surface area contributed by atoms with Crippen molar-refractivity contribution in [2.24, 2.45) is 5.41 Å². The molecule has 0 N–H and O–H groups in total. The van der Waals surface area contributed by atoms with E-state index < -0.39 is 11.0 Å². The topological polar surface area (TPSA) is 69.0 Å². The van der Waals surface area contributed by atoms with Crippen LogP contribution >= 0.6 is 0 Å². The number of esters is 1. The van der Waals surface area contributed by atoms with Crippen molar-refractivity contribution in [3.8, 4) is 11.5 Å². The normalized spacial score (nSPS) is 11.3. The lowest BCUT2D eigenvalue weighted by Crippen LogP contribution is -2.25. The second kappa shape index (κ2) is 7.38. The van der Waals surface area contributed by atoms with Crippen molar-refractivity contribution in [1.29, 1.82) is 0 Å². The van der Waals surface area contributed by atoms with Crippen molar-refractivity contribution in [1.82, 2.24) is 0 Å². The minimum absolute atomic E-state index is 0.319. The zero-order valence-electron chi connectivity index (χ0n) is 16.6. The van der Waals surface area contributed by atoms with Crippen molar-refractivity contribution in [2.45, 2.75) is 20.8 Å². The van der Waals surface area contributed by atoms with Gasteiger partial charge in [-0.05, 0) is 45.0 Å². The highest BCUT2D eigenvalue weighted by Crippen LogP contribution is 2.36. The summed E-state index contributed by atoms with van der Waals surface area (Å²) in [4.78, 5) is 26.1. The smallest absolute Gasteiger partial charge is 0.338 e. The summed E-state index contributed by atoms with van der Waals surface area (Å²) in [5.41, 5.74) is 0.832. The lowest BCUT2D eigenvalue weighted by atomic mass is 9.97. The number of nitrogens with zero attached hydrogens (tertiary/aromatic N) is 1. The van der Waals surface area contributed by atoms with Gasteiger partial charge in [-0.2, -0.15) is 0 Å². The van der Waals surface area contributed by atoms with Gasteiger partial charge in [-0.25, -0.2) is 4.79 Å². The highest BCUT2D eigenvalue weighted by molar-refractivity contribution is 5.92. The van der Waals surface area contributed by atoms with E-state index in [0.29, 0.717) is 22.8 Å². The van der Waals surface area contributed by atoms with Gasteiger partial charge in [0, 0.05) is 30.3 Å². The third kappa shape index (κ3) is 3.86. The maximum atomic E-state index is 12.3.